The lowest BCUT2D eigenvalue weighted by Crippen LogP contribution is -2.52. The third kappa shape index (κ3) is 3.41. The van der Waals surface area contributed by atoms with Gasteiger partial charge in [0.05, 0.1) is 0 Å². The van der Waals surface area contributed by atoms with Crippen LogP contribution in [-0.4, -0.2) is 71.3 Å². The fourth-order valence-electron chi connectivity index (χ4n) is 1.94. The summed E-state index contributed by atoms with van der Waals surface area (Å²) < 4.78 is 0. The molecule has 0 bridgehead atoms. The maximum atomic E-state index is 5.90. The molecule has 0 aromatic carbocycles. The van der Waals surface area contributed by atoms with Crippen molar-refractivity contribution in [1.82, 2.24) is 25.0 Å². The van der Waals surface area contributed by atoms with Crippen molar-refractivity contribution in [2.75, 3.05) is 45.6 Å². The van der Waals surface area contributed by atoms with Gasteiger partial charge in [-0.15, -0.1) is 10.2 Å². The topological polar surface area (TPSA) is 57.2 Å². The molecule has 1 atom stereocenters. The van der Waals surface area contributed by atoms with E-state index in [1.807, 2.05) is 0 Å². The molecular weight excluding hydrogens is 275 g/mol. The first-order valence-electron chi connectivity index (χ1n) is 5.74. The van der Waals surface area contributed by atoms with Crippen LogP contribution in [0.3, 0.4) is 0 Å². The third-order valence-electron chi connectivity index (χ3n) is 3.11. The monoisotopic (exact) mass is 290 g/mol. The second-order valence-electron chi connectivity index (χ2n) is 4.50. The zero-order valence-corrected chi connectivity index (χ0v) is 11.9. The maximum Gasteiger partial charge on any atom is 0.245 e. The number of hydrogen-bond acceptors (Lipinski definition) is 6. The minimum atomic E-state index is 0.0935. The van der Waals surface area contributed by atoms with Crippen LogP contribution < -0.4 is 5.32 Å². The first kappa shape index (κ1) is 13.7. The van der Waals surface area contributed by atoms with Gasteiger partial charge in [-0.05, 0) is 25.7 Å². The fourth-order valence-corrected chi connectivity index (χ4v) is 2.21. The highest BCUT2D eigenvalue weighted by Crippen LogP contribution is 2.17. The van der Waals surface area contributed by atoms with Gasteiger partial charge in [0.25, 0.3) is 0 Å². The Kier molecular flexibility index (Phi) is 4.55. The second kappa shape index (κ2) is 5.97. The molecule has 8 heteroatoms. The van der Waals surface area contributed by atoms with Crippen LogP contribution in [0, 0.1) is 0 Å². The first-order valence-corrected chi connectivity index (χ1v) is 6.50. The predicted octanol–water partition coefficient (Wildman–Crippen LogP) is 0.836. The van der Waals surface area contributed by atoms with E-state index in [-0.39, 0.29) is 10.4 Å². The molecule has 1 aliphatic rings. The highest BCUT2D eigenvalue weighted by molar-refractivity contribution is 6.32. The number of rotatable bonds is 3. The molecule has 0 spiro atoms. The number of hydrogen-bond donors (Lipinski definition) is 1. The Labute approximate surface area is 116 Å². The third-order valence-corrected chi connectivity index (χ3v) is 3.52. The molecule has 18 heavy (non-hydrogen) atoms. The molecule has 0 amide bonds. The summed E-state index contributed by atoms with van der Waals surface area (Å²) in [6, 6.07) is 0.411. The van der Waals surface area contributed by atoms with Crippen molar-refractivity contribution < 1.29 is 0 Å². The standard InChI is InChI=1S/C10H16Cl2N6/c1-17-3-4-18(2)7(6-17)5-13-9-8(11)15-16-10(12)14-9/h7H,3-6H2,1-2H3,(H,13,14,16). The Morgan fingerprint density at radius 2 is 2.06 bits per heavy atom. The van der Waals surface area contributed by atoms with Gasteiger partial charge in [0.15, 0.2) is 11.0 Å². The van der Waals surface area contributed by atoms with E-state index in [4.69, 9.17) is 23.2 Å². The number of aromatic nitrogens is 3. The van der Waals surface area contributed by atoms with E-state index in [1.54, 1.807) is 0 Å². The fraction of sp³-hybridized carbons (Fsp3) is 0.700. The van der Waals surface area contributed by atoms with Gasteiger partial charge in [-0.1, -0.05) is 11.6 Å². The highest BCUT2D eigenvalue weighted by atomic mass is 35.5. The van der Waals surface area contributed by atoms with Gasteiger partial charge in [0.2, 0.25) is 5.28 Å². The minimum Gasteiger partial charge on any atom is -0.366 e. The van der Waals surface area contributed by atoms with E-state index in [0.717, 1.165) is 26.2 Å². The number of nitrogens with zero attached hydrogens (tertiary/aromatic N) is 5. The molecule has 0 aliphatic carbocycles. The zero-order chi connectivity index (χ0) is 13.1. The molecular formula is C10H16Cl2N6. The van der Waals surface area contributed by atoms with Gasteiger partial charge >= 0.3 is 0 Å². The predicted molar refractivity (Wildman–Crippen MR) is 72.3 cm³/mol. The van der Waals surface area contributed by atoms with Crippen molar-refractivity contribution in [3.05, 3.63) is 10.4 Å². The largest absolute Gasteiger partial charge is 0.366 e. The van der Waals surface area contributed by atoms with Crippen LogP contribution in [0.4, 0.5) is 5.82 Å². The Bertz CT molecular complexity index is 415. The Hall–Kier alpha value is -0.690. The zero-order valence-electron chi connectivity index (χ0n) is 10.4. The smallest absolute Gasteiger partial charge is 0.245 e. The van der Waals surface area contributed by atoms with Crippen LogP contribution in [-0.2, 0) is 0 Å². The van der Waals surface area contributed by atoms with Crippen LogP contribution in [0.2, 0.25) is 10.4 Å². The molecule has 1 aromatic heterocycles. The molecule has 1 aliphatic heterocycles. The van der Waals surface area contributed by atoms with Crippen LogP contribution in [0.15, 0.2) is 0 Å². The van der Waals surface area contributed by atoms with Crippen molar-refractivity contribution in [2.45, 2.75) is 6.04 Å². The summed E-state index contributed by atoms with van der Waals surface area (Å²) >= 11 is 11.6. The maximum absolute atomic E-state index is 5.90. The van der Waals surface area contributed by atoms with Gasteiger partial charge in [0.1, 0.15) is 0 Å². The first-order chi connectivity index (χ1) is 8.56. The Morgan fingerprint density at radius 1 is 1.28 bits per heavy atom. The molecule has 1 fully saturated rings. The molecule has 2 heterocycles. The number of likely N-dealkylation sites (N-methyl/N-ethyl adjacent to an activating group) is 2. The van der Waals surface area contributed by atoms with E-state index in [2.05, 4.69) is 44.4 Å². The van der Waals surface area contributed by atoms with E-state index in [1.165, 1.54) is 0 Å². The molecule has 6 nitrogen and oxygen atoms in total. The lowest BCUT2D eigenvalue weighted by atomic mass is 10.2. The summed E-state index contributed by atoms with van der Waals surface area (Å²) in [4.78, 5) is 8.64. The average Bonchev–Trinajstić information content (AvgIpc) is 2.34. The quantitative estimate of drug-likeness (QED) is 0.890. The van der Waals surface area contributed by atoms with Crippen molar-refractivity contribution in [3.8, 4) is 0 Å². The lowest BCUT2D eigenvalue weighted by molar-refractivity contribution is 0.122. The average molecular weight is 291 g/mol. The van der Waals surface area contributed by atoms with Crippen LogP contribution in [0.25, 0.3) is 0 Å². The highest BCUT2D eigenvalue weighted by Gasteiger charge is 2.22. The van der Waals surface area contributed by atoms with Crippen molar-refractivity contribution in [1.29, 1.82) is 0 Å². The van der Waals surface area contributed by atoms with Crippen LogP contribution >= 0.6 is 23.2 Å². The van der Waals surface area contributed by atoms with E-state index in [9.17, 15) is 0 Å². The summed E-state index contributed by atoms with van der Waals surface area (Å²) in [5, 5.41) is 10.8. The molecule has 2 rings (SSSR count). The summed E-state index contributed by atoms with van der Waals surface area (Å²) in [7, 11) is 4.24. The normalized spacial score (nSPS) is 22.1. The van der Waals surface area contributed by atoms with Gasteiger partial charge in [-0.2, -0.15) is 4.98 Å². The summed E-state index contributed by atoms with van der Waals surface area (Å²) in [5.74, 6) is 0.485. The molecule has 0 radical (unpaired) electrons. The Balaban J connectivity index is 1.96. The molecule has 1 saturated heterocycles. The van der Waals surface area contributed by atoms with Gasteiger partial charge in [-0.25, -0.2) is 0 Å². The molecule has 0 saturated carbocycles. The van der Waals surface area contributed by atoms with Gasteiger partial charge < -0.3 is 10.2 Å². The van der Waals surface area contributed by atoms with E-state index < -0.39 is 0 Å². The SMILES string of the molecule is CN1CCN(C)C(CNc2nc(Cl)nnc2Cl)C1. The van der Waals surface area contributed by atoms with Crippen LogP contribution in [0.5, 0.6) is 0 Å². The van der Waals surface area contributed by atoms with Crippen molar-refractivity contribution in [3.63, 3.8) is 0 Å². The number of nitrogens with one attached hydrogen (secondary N) is 1. The van der Waals surface area contributed by atoms with Crippen LogP contribution in [0.1, 0.15) is 0 Å². The number of halogens is 2. The van der Waals surface area contributed by atoms with E-state index >= 15 is 0 Å². The minimum absolute atomic E-state index is 0.0935. The summed E-state index contributed by atoms with van der Waals surface area (Å²) in [5.41, 5.74) is 0. The second-order valence-corrected chi connectivity index (χ2v) is 5.19. The van der Waals surface area contributed by atoms with Gasteiger partial charge in [0, 0.05) is 32.2 Å². The van der Waals surface area contributed by atoms with Crippen molar-refractivity contribution in [2.24, 2.45) is 0 Å². The summed E-state index contributed by atoms with van der Waals surface area (Å²) in [6.07, 6.45) is 0. The number of piperazine rings is 1. The molecule has 1 N–H and O–H groups in total. The van der Waals surface area contributed by atoms with Gasteiger partial charge in [-0.3, -0.25) is 4.90 Å². The number of anilines is 1. The lowest BCUT2D eigenvalue weighted by Gasteiger charge is -2.37. The Morgan fingerprint density at radius 3 is 2.83 bits per heavy atom. The molecule has 1 unspecified atom stereocenters. The molecule has 1 aromatic rings. The molecule has 100 valence electrons. The van der Waals surface area contributed by atoms with E-state index in [0.29, 0.717) is 11.9 Å². The van der Waals surface area contributed by atoms with Crippen molar-refractivity contribution >= 4 is 29.0 Å². The summed E-state index contributed by atoms with van der Waals surface area (Å²) in [6.45, 7) is 3.90.